The van der Waals surface area contributed by atoms with Gasteiger partial charge in [-0.2, -0.15) is 0 Å². The van der Waals surface area contributed by atoms with Gasteiger partial charge in [-0.3, -0.25) is 9.59 Å². The van der Waals surface area contributed by atoms with Gasteiger partial charge in [0.2, 0.25) is 0 Å². The Labute approximate surface area is 135 Å². The summed E-state index contributed by atoms with van der Waals surface area (Å²) in [5.41, 5.74) is 3.44. The zero-order valence-corrected chi connectivity index (χ0v) is 13.2. The zero-order valence-electron chi connectivity index (χ0n) is 13.2. The number of nitrogens with one attached hydrogen (secondary N) is 1. The van der Waals surface area contributed by atoms with Crippen molar-refractivity contribution in [3.8, 4) is 11.1 Å². The minimum absolute atomic E-state index is 0.0486. The normalized spacial score (nSPS) is 13.7. The van der Waals surface area contributed by atoms with Crippen molar-refractivity contribution >= 4 is 11.7 Å². The van der Waals surface area contributed by atoms with Crippen molar-refractivity contribution in [2.75, 3.05) is 6.54 Å². The van der Waals surface area contributed by atoms with Gasteiger partial charge in [0.1, 0.15) is 0 Å². The Kier molecular flexibility index (Phi) is 4.01. The number of amides is 1. The molecule has 1 amide bonds. The van der Waals surface area contributed by atoms with Crippen LogP contribution < -0.4 is 5.32 Å². The summed E-state index contributed by atoms with van der Waals surface area (Å²) in [6.45, 7) is 3.98. The summed E-state index contributed by atoms with van der Waals surface area (Å²) in [6, 6.07) is 12.6. The average Bonchev–Trinajstić information content (AvgIpc) is 2.85. The van der Waals surface area contributed by atoms with Crippen LogP contribution in [0.15, 0.2) is 42.5 Å². The molecule has 118 valence electrons. The lowest BCUT2D eigenvalue weighted by molar-refractivity contribution is 0.0871. The van der Waals surface area contributed by atoms with Gasteiger partial charge in [-0.05, 0) is 29.2 Å². The molecule has 1 aliphatic carbocycles. The van der Waals surface area contributed by atoms with Gasteiger partial charge < -0.3 is 10.4 Å². The summed E-state index contributed by atoms with van der Waals surface area (Å²) >= 11 is 0. The van der Waals surface area contributed by atoms with Crippen molar-refractivity contribution in [1.82, 2.24) is 5.32 Å². The van der Waals surface area contributed by atoms with E-state index in [0.717, 1.165) is 11.1 Å². The molecule has 2 N–H and O–H groups in total. The van der Waals surface area contributed by atoms with E-state index in [4.69, 9.17) is 0 Å². The first kappa shape index (κ1) is 15.4. The van der Waals surface area contributed by atoms with Gasteiger partial charge >= 0.3 is 0 Å². The smallest absolute Gasteiger partial charge is 0.251 e. The fraction of sp³-hybridized carbons (Fsp3) is 0.263. The molecule has 2 aromatic carbocycles. The summed E-state index contributed by atoms with van der Waals surface area (Å²) in [4.78, 5) is 24.7. The Morgan fingerprint density at radius 1 is 1.04 bits per heavy atom. The van der Waals surface area contributed by atoms with Crippen molar-refractivity contribution in [1.29, 1.82) is 0 Å². The Morgan fingerprint density at radius 2 is 1.70 bits per heavy atom. The van der Waals surface area contributed by atoms with E-state index >= 15 is 0 Å². The standard InChI is InChI=1S/C19H19NO3/c1-11(2)17(21)10-20-19(23)12-7-8-14-13-5-3-4-6-15(13)18(22)16(14)9-12/h3-9,11,17,21H,10H2,1-2H3,(H,20,23). The second-order valence-electron chi connectivity index (χ2n) is 6.16. The van der Waals surface area contributed by atoms with E-state index in [1.165, 1.54) is 0 Å². The molecular weight excluding hydrogens is 290 g/mol. The number of aliphatic hydroxyl groups is 1. The van der Waals surface area contributed by atoms with Crippen molar-refractivity contribution in [3.05, 3.63) is 59.2 Å². The third kappa shape index (κ3) is 2.78. The molecule has 1 aliphatic rings. The number of carbonyl (C=O) groups excluding carboxylic acids is 2. The van der Waals surface area contributed by atoms with Gasteiger partial charge in [0.25, 0.3) is 5.91 Å². The summed E-state index contributed by atoms with van der Waals surface area (Å²) in [6.07, 6.45) is -0.584. The number of ketones is 1. The second-order valence-corrected chi connectivity index (χ2v) is 6.16. The molecule has 1 atom stereocenters. The number of hydrogen-bond donors (Lipinski definition) is 2. The van der Waals surface area contributed by atoms with Crippen molar-refractivity contribution < 1.29 is 14.7 Å². The molecule has 2 aromatic rings. The monoisotopic (exact) mass is 309 g/mol. The van der Waals surface area contributed by atoms with Crippen LogP contribution in [0.25, 0.3) is 11.1 Å². The van der Waals surface area contributed by atoms with Gasteiger partial charge in [0, 0.05) is 23.2 Å². The van der Waals surface area contributed by atoms with Gasteiger partial charge in [-0.1, -0.05) is 44.2 Å². The highest BCUT2D eigenvalue weighted by Crippen LogP contribution is 2.36. The van der Waals surface area contributed by atoms with E-state index in [-0.39, 0.29) is 24.2 Å². The van der Waals surface area contributed by atoms with Gasteiger partial charge in [0.15, 0.2) is 5.78 Å². The molecule has 0 saturated carbocycles. The molecule has 0 spiro atoms. The highest BCUT2D eigenvalue weighted by atomic mass is 16.3. The topological polar surface area (TPSA) is 66.4 Å². The maximum Gasteiger partial charge on any atom is 0.251 e. The van der Waals surface area contributed by atoms with Gasteiger partial charge in [-0.25, -0.2) is 0 Å². The SMILES string of the molecule is CC(C)C(O)CNC(=O)c1ccc2c(c1)C(=O)c1ccccc1-2. The van der Waals surface area contributed by atoms with Crippen LogP contribution in [-0.2, 0) is 0 Å². The minimum atomic E-state index is -0.584. The molecule has 0 radical (unpaired) electrons. The number of hydrogen-bond acceptors (Lipinski definition) is 3. The predicted octanol–water partition coefficient (Wildman–Crippen LogP) is 2.64. The maximum absolute atomic E-state index is 12.4. The summed E-state index contributed by atoms with van der Waals surface area (Å²) in [7, 11) is 0. The van der Waals surface area contributed by atoms with E-state index in [1.54, 1.807) is 18.2 Å². The first-order chi connectivity index (χ1) is 11.0. The molecule has 0 saturated heterocycles. The van der Waals surface area contributed by atoms with Crippen LogP contribution >= 0.6 is 0 Å². The highest BCUT2D eigenvalue weighted by Gasteiger charge is 2.27. The van der Waals surface area contributed by atoms with Crippen LogP contribution in [0, 0.1) is 5.92 Å². The zero-order chi connectivity index (χ0) is 16.6. The van der Waals surface area contributed by atoms with E-state index < -0.39 is 6.10 Å². The van der Waals surface area contributed by atoms with Crippen molar-refractivity contribution in [3.63, 3.8) is 0 Å². The molecule has 0 aromatic heterocycles. The Morgan fingerprint density at radius 3 is 2.39 bits per heavy atom. The number of fused-ring (bicyclic) bond motifs is 3. The highest BCUT2D eigenvalue weighted by molar-refractivity contribution is 6.22. The third-order valence-corrected chi connectivity index (χ3v) is 4.23. The summed E-state index contributed by atoms with van der Waals surface area (Å²) in [5.74, 6) is -0.255. The first-order valence-corrected chi connectivity index (χ1v) is 7.73. The number of benzene rings is 2. The molecule has 0 fully saturated rings. The lowest BCUT2D eigenvalue weighted by Crippen LogP contribution is -2.34. The fourth-order valence-electron chi connectivity index (χ4n) is 2.70. The Hall–Kier alpha value is -2.46. The molecular formula is C19H19NO3. The van der Waals surface area contributed by atoms with E-state index in [9.17, 15) is 14.7 Å². The Bertz CT molecular complexity index is 780. The van der Waals surface area contributed by atoms with Crippen molar-refractivity contribution in [2.24, 2.45) is 5.92 Å². The number of carbonyl (C=O) groups is 2. The lowest BCUT2D eigenvalue weighted by atomic mass is 10.0. The largest absolute Gasteiger partial charge is 0.391 e. The molecule has 0 aliphatic heterocycles. The number of rotatable bonds is 4. The second kappa shape index (κ2) is 5.97. The third-order valence-electron chi connectivity index (χ3n) is 4.23. The average molecular weight is 309 g/mol. The van der Waals surface area contributed by atoms with Crippen LogP contribution in [0.5, 0.6) is 0 Å². The summed E-state index contributed by atoms with van der Waals surface area (Å²) in [5, 5.41) is 12.5. The predicted molar refractivity (Wildman–Crippen MR) is 88.5 cm³/mol. The van der Waals surface area contributed by atoms with E-state index in [1.807, 2.05) is 38.1 Å². The minimum Gasteiger partial charge on any atom is -0.391 e. The molecule has 0 heterocycles. The van der Waals surface area contributed by atoms with Crippen molar-refractivity contribution in [2.45, 2.75) is 20.0 Å². The number of aliphatic hydroxyl groups excluding tert-OH is 1. The fourth-order valence-corrected chi connectivity index (χ4v) is 2.70. The van der Waals surface area contributed by atoms with Crippen LogP contribution in [0.1, 0.15) is 40.1 Å². The molecule has 0 bridgehead atoms. The van der Waals surface area contributed by atoms with Crippen LogP contribution in [0.3, 0.4) is 0 Å². The Balaban J connectivity index is 1.83. The maximum atomic E-state index is 12.4. The molecule has 1 unspecified atom stereocenters. The summed E-state index contributed by atoms with van der Waals surface area (Å²) < 4.78 is 0. The quantitative estimate of drug-likeness (QED) is 0.778. The molecule has 4 heteroatoms. The van der Waals surface area contributed by atoms with Gasteiger partial charge in [0.05, 0.1) is 6.10 Å². The van der Waals surface area contributed by atoms with Crippen LogP contribution in [-0.4, -0.2) is 29.4 Å². The molecule has 3 rings (SSSR count). The van der Waals surface area contributed by atoms with Crippen LogP contribution in [0.2, 0.25) is 0 Å². The van der Waals surface area contributed by atoms with Crippen LogP contribution in [0.4, 0.5) is 0 Å². The lowest BCUT2D eigenvalue weighted by Gasteiger charge is -2.15. The molecule has 23 heavy (non-hydrogen) atoms. The first-order valence-electron chi connectivity index (χ1n) is 7.73. The molecule has 4 nitrogen and oxygen atoms in total. The van der Waals surface area contributed by atoms with E-state index in [0.29, 0.717) is 16.7 Å². The van der Waals surface area contributed by atoms with E-state index in [2.05, 4.69) is 5.32 Å². The van der Waals surface area contributed by atoms with Gasteiger partial charge in [-0.15, -0.1) is 0 Å².